The van der Waals surface area contributed by atoms with Crippen LogP contribution in [0.25, 0.3) is 0 Å². The van der Waals surface area contributed by atoms with Gasteiger partial charge in [-0.2, -0.15) is 13.2 Å². The average molecular weight is 288 g/mol. The van der Waals surface area contributed by atoms with Gasteiger partial charge in [-0.3, -0.25) is 4.98 Å². The quantitative estimate of drug-likeness (QED) is 0.924. The van der Waals surface area contributed by atoms with Crippen molar-refractivity contribution in [1.29, 1.82) is 0 Å². The van der Waals surface area contributed by atoms with Crippen LogP contribution >= 0.6 is 0 Å². The molecule has 1 aliphatic carbocycles. The molecule has 0 saturated heterocycles. The third-order valence-electron chi connectivity index (χ3n) is 3.70. The average Bonchev–Trinajstić information content (AvgIpc) is 2.45. The third-order valence-corrected chi connectivity index (χ3v) is 3.70. The van der Waals surface area contributed by atoms with Gasteiger partial charge in [0.1, 0.15) is 0 Å². The van der Waals surface area contributed by atoms with E-state index in [-0.39, 0.29) is 12.1 Å². The molecule has 0 aliphatic heterocycles. The Hall–Kier alpha value is -1.14. The number of nitrogens with one attached hydrogen (secondary N) is 1. The van der Waals surface area contributed by atoms with Crippen LogP contribution in [0.15, 0.2) is 18.3 Å². The molecule has 0 amide bonds. The molecule has 1 saturated carbocycles. The number of hydrogen-bond donors (Lipinski definition) is 1. The summed E-state index contributed by atoms with van der Waals surface area (Å²) in [6, 6.07) is 2.73. The SMILES string of the molecule is CO[C@H]1CCCC[C@@H]1NCc1ccc(C(F)(F)F)cn1. The van der Waals surface area contributed by atoms with Crippen LogP contribution in [-0.4, -0.2) is 24.2 Å². The molecule has 2 atom stereocenters. The van der Waals surface area contributed by atoms with Crippen molar-refractivity contribution < 1.29 is 17.9 Å². The summed E-state index contributed by atoms with van der Waals surface area (Å²) in [5, 5.41) is 3.33. The smallest absolute Gasteiger partial charge is 0.380 e. The van der Waals surface area contributed by atoms with Crippen molar-refractivity contribution in [1.82, 2.24) is 10.3 Å². The van der Waals surface area contributed by atoms with Crippen molar-refractivity contribution in [3.63, 3.8) is 0 Å². The van der Waals surface area contributed by atoms with Gasteiger partial charge in [-0.05, 0) is 25.0 Å². The van der Waals surface area contributed by atoms with Crippen molar-refractivity contribution in [2.24, 2.45) is 0 Å². The molecule has 1 fully saturated rings. The van der Waals surface area contributed by atoms with Crippen molar-refractivity contribution in [3.05, 3.63) is 29.6 Å². The van der Waals surface area contributed by atoms with E-state index in [9.17, 15) is 13.2 Å². The Bertz CT molecular complexity index is 419. The van der Waals surface area contributed by atoms with Gasteiger partial charge in [0.2, 0.25) is 0 Å². The topological polar surface area (TPSA) is 34.1 Å². The zero-order valence-electron chi connectivity index (χ0n) is 11.4. The van der Waals surface area contributed by atoms with E-state index < -0.39 is 11.7 Å². The molecule has 0 radical (unpaired) electrons. The number of ether oxygens (including phenoxy) is 1. The van der Waals surface area contributed by atoms with Crippen LogP contribution in [0.2, 0.25) is 0 Å². The van der Waals surface area contributed by atoms with Gasteiger partial charge in [0.15, 0.2) is 0 Å². The van der Waals surface area contributed by atoms with E-state index in [0.717, 1.165) is 37.9 Å². The lowest BCUT2D eigenvalue weighted by molar-refractivity contribution is -0.137. The minimum Gasteiger partial charge on any atom is -0.380 e. The second-order valence-electron chi connectivity index (χ2n) is 5.08. The second kappa shape index (κ2) is 6.54. The van der Waals surface area contributed by atoms with Gasteiger partial charge in [0.25, 0.3) is 0 Å². The predicted octanol–water partition coefficient (Wildman–Crippen LogP) is 3.15. The maximum atomic E-state index is 12.4. The Balaban J connectivity index is 1.90. The fraction of sp³-hybridized carbons (Fsp3) is 0.643. The molecule has 20 heavy (non-hydrogen) atoms. The molecule has 0 bridgehead atoms. The number of nitrogens with zero attached hydrogens (tertiary/aromatic N) is 1. The highest BCUT2D eigenvalue weighted by atomic mass is 19.4. The maximum absolute atomic E-state index is 12.4. The molecule has 1 aliphatic rings. The van der Waals surface area contributed by atoms with Gasteiger partial charge in [0, 0.05) is 25.9 Å². The van der Waals surface area contributed by atoms with Gasteiger partial charge in [0.05, 0.1) is 17.4 Å². The van der Waals surface area contributed by atoms with Gasteiger partial charge in [-0.1, -0.05) is 12.8 Å². The number of alkyl halides is 3. The van der Waals surface area contributed by atoms with E-state index in [1.165, 1.54) is 6.07 Å². The number of methoxy groups -OCH3 is 1. The molecule has 2 rings (SSSR count). The minimum atomic E-state index is -4.33. The first kappa shape index (κ1) is 15.3. The van der Waals surface area contributed by atoms with E-state index in [1.807, 2.05) is 0 Å². The molecular formula is C14H19F3N2O. The summed E-state index contributed by atoms with van der Waals surface area (Å²) in [7, 11) is 1.70. The molecule has 1 aromatic rings. The monoisotopic (exact) mass is 288 g/mol. The highest BCUT2D eigenvalue weighted by Gasteiger charge is 2.30. The highest BCUT2D eigenvalue weighted by Crippen LogP contribution is 2.28. The summed E-state index contributed by atoms with van der Waals surface area (Å²) in [6.45, 7) is 0.461. The van der Waals surface area contributed by atoms with Gasteiger partial charge in [-0.15, -0.1) is 0 Å². The summed E-state index contributed by atoms with van der Waals surface area (Å²) in [5.41, 5.74) is -0.105. The second-order valence-corrected chi connectivity index (χ2v) is 5.08. The Morgan fingerprint density at radius 2 is 2.05 bits per heavy atom. The molecule has 1 N–H and O–H groups in total. The Labute approximate surface area is 116 Å². The number of hydrogen-bond acceptors (Lipinski definition) is 3. The zero-order valence-corrected chi connectivity index (χ0v) is 11.4. The molecule has 0 spiro atoms. The first-order valence-corrected chi connectivity index (χ1v) is 6.79. The summed E-state index contributed by atoms with van der Waals surface area (Å²) in [5.74, 6) is 0. The fourth-order valence-corrected chi connectivity index (χ4v) is 2.54. The van der Waals surface area contributed by atoms with Gasteiger partial charge >= 0.3 is 6.18 Å². The highest BCUT2D eigenvalue weighted by molar-refractivity contribution is 5.16. The fourth-order valence-electron chi connectivity index (χ4n) is 2.54. The molecule has 112 valence electrons. The summed E-state index contributed by atoms with van der Waals surface area (Å²) >= 11 is 0. The zero-order chi connectivity index (χ0) is 14.6. The van der Waals surface area contributed by atoms with E-state index in [2.05, 4.69) is 10.3 Å². The van der Waals surface area contributed by atoms with E-state index in [0.29, 0.717) is 12.2 Å². The third kappa shape index (κ3) is 3.93. The van der Waals surface area contributed by atoms with Crippen LogP contribution in [0.4, 0.5) is 13.2 Å². The number of pyridine rings is 1. The number of rotatable bonds is 4. The Kier molecular flexibility index (Phi) is 4.99. The molecule has 1 heterocycles. The molecule has 6 heteroatoms. The number of halogens is 3. The molecule has 3 nitrogen and oxygen atoms in total. The van der Waals surface area contributed by atoms with Crippen LogP contribution in [0.3, 0.4) is 0 Å². The minimum absolute atomic E-state index is 0.179. The summed E-state index contributed by atoms with van der Waals surface area (Å²) in [4.78, 5) is 3.86. The standard InChI is InChI=1S/C14H19F3N2O/c1-20-13-5-3-2-4-12(13)19-9-11-7-6-10(8-18-11)14(15,16)17/h6-8,12-13,19H,2-5,9H2,1H3/t12-,13-/m0/s1. The van der Waals surface area contributed by atoms with Crippen molar-refractivity contribution in [2.45, 2.75) is 50.6 Å². The summed E-state index contributed by atoms with van der Waals surface area (Å²) < 4.78 is 42.7. The largest absolute Gasteiger partial charge is 0.417 e. The maximum Gasteiger partial charge on any atom is 0.417 e. The Morgan fingerprint density at radius 1 is 1.30 bits per heavy atom. The van der Waals surface area contributed by atoms with Crippen molar-refractivity contribution in [3.8, 4) is 0 Å². The van der Waals surface area contributed by atoms with E-state index >= 15 is 0 Å². The van der Waals surface area contributed by atoms with Crippen LogP contribution in [0, 0.1) is 0 Å². The van der Waals surface area contributed by atoms with E-state index in [4.69, 9.17) is 4.74 Å². The first-order valence-electron chi connectivity index (χ1n) is 6.79. The van der Waals surface area contributed by atoms with Crippen LogP contribution in [0.1, 0.15) is 36.9 Å². The lowest BCUT2D eigenvalue weighted by Crippen LogP contribution is -2.42. The van der Waals surface area contributed by atoms with Crippen LogP contribution in [0.5, 0.6) is 0 Å². The normalized spacial score (nSPS) is 23.8. The van der Waals surface area contributed by atoms with Gasteiger partial charge in [-0.25, -0.2) is 0 Å². The van der Waals surface area contributed by atoms with Crippen molar-refractivity contribution in [2.75, 3.05) is 7.11 Å². The van der Waals surface area contributed by atoms with Crippen molar-refractivity contribution >= 4 is 0 Å². The molecule has 0 unspecified atom stereocenters. The molecular weight excluding hydrogens is 269 g/mol. The molecule has 0 aromatic carbocycles. The first-order chi connectivity index (χ1) is 9.50. The lowest BCUT2D eigenvalue weighted by Gasteiger charge is -2.31. The molecule has 1 aromatic heterocycles. The van der Waals surface area contributed by atoms with E-state index in [1.54, 1.807) is 7.11 Å². The number of aromatic nitrogens is 1. The Morgan fingerprint density at radius 3 is 2.65 bits per heavy atom. The van der Waals surface area contributed by atoms with Crippen LogP contribution in [-0.2, 0) is 17.5 Å². The lowest BCUT2D eigenvalue weighted by atomic mass is 9.92. The van der Waals surface area contributed by atoms with Crippen LogP contribution < -0.4 is 5.32 Å². The van der Waals surface area contributed by atoms with Gasteiger partial charge < -0.3 is 10.1 Å². The predicted molar refractivity (Wildman–Crippen MR) is 69.1 cm³/mol. The summed E-state index contributed by atoms with van der Waals surface area (Å²) in [6.07, 6.45) is 1.09.